The number of nitrogen functional groups attached to an aromatic ring is 1. The van der Waals surface area contributed by atoms with Crippen molar-refractivity contribution in [3.05, 3.63) is 28.0 Å². The summed E-state index contributed by atoms with van der Waals surface area (Å²) in [4.78, 5) is 0. The van der Waals surface area contributed by atoms with Crippen LogP contribution in [-0.2, 0) is 0 Å². The van der Waals surface area contributed by atoms with Gasteiger partial charge < -0.3 is 10.5 Å². The number of rotatable bonds is 3. The first kappa shape index (κ1) is 13.8. The van der Waals surface area contributed by atoms with E-state index in [1.54, 1.807) is 0 Å². The number of hydrogen-bond acceptors (Lipinski definition) is 2. The van der Waals surface area contributed by atoms with Crippen molar-refractivity contribution < 1.29 is 22.3 Å². The van der Waals surface area contributed by atoms with Gasteiger partial charge in [-0.3, -0.25) is 5.41 Å². The van der Waals surface area contributed by atoms with E-state index in [-0.39, 0.29) is 10.0 Å². The summed E-state index contributed by atoms with van der Waals surface area (Å²) in [7, 11) is 0. The highest BCUT2D eigenvalue weighted by molar-refractivity contribution is 9.10. The van der Waals surface area contributed by atoms with Crippen LogP contribution in [0.15, 0.2) is 16.6 Å². The van der Waals surface area contributed by atoms with E-state index >= 15 is 0 Å². The molecule has 8 heteroatoms. The Morgan fingerprint density at radius 2 is 2.00 bits per heavy atom. The summed E-state index contributed by atoms with van der Waals surface area (Å²) in [6.45, 7) is -1.59. The predicted octanol–water partition coefficient (Wildman–Crippen LogP) is 2.81. The summed E-state index contributed by atoms with van der Waals surface area (Å²) in [6, 6.07) is 2.18. The Morgan fingerprint density at radius 3 is 2.47 bits per heavy atom. The lowest BCUT2D eigenvalue weighted by atomic mass is 10.2. The molecule has 1 aromatic rings. The molecule has 0 bridgehead atoms. The van der Waals surface area contributed by atoms with Gasteiger partial charge in [-0.1, -0.05) is 0 Å². The van der Waals surface area contributed by atoms with Gasteiger partial charge in [-0.2, -0.15) is 13.2 Å². The molecule has 0 saturated heterocycles. The molecule has 0 fully saturated rings. The van der Waals surface area contributed by atoms with Crippen molar-refractivity contribution in [2.75, 3.05) is 6.61 Å². The minimum Gasteiger partial charge on any atom is -0.481 e. The molecule has 0 saturated carbocycles. The molecule has 94 valence electrons. The Bertz CT molecular complexity index is 447. The molecule has 1 aromatic carbocycles. The minimum atomic E-state index is -4.54. The summed E-state index contributed by atoms with van der Waals surface area (Å²) in [5, 5.41) is 7.10. The van der Waals surface area contributed by atoms with Gasteiger partial charge in [0, 0.05) is 5.56 Å². The Kier molecular flexibility index (Phi) is 3.97. The zero-order valence-electron chi connectivity index (χ0n) is 8.24. The van der Waals surface area contributed by atoms with Crippen molar-refractivity contribution in [2.45, 2.75) is 6.18 Å². The highest BCUT2D eigenvalue weighted by Gasteiger charge is 2.29. The van der Waals surface area contributed by atoms with Crippen LogP contribution >= 0.6 is 15.9 Å². The zero-order valence-corrected chi connectivity index (χ0v) is 9.82. The molecular weight excluding hydrogens is 308 g/mol. The van der Waals surface area contributed by atoms with Gasteiger partial charge in [0.2, 0.25) is 0 Å². The number of benzene rings is 1. The second kappa shape index (κ2) is 4.91. The summed E-state index contributed by atoms with van der Waals surface area (Å²) in [5.74, 6) is -1.99. The van der Waals surface area contributed by atoms with Crippen LogP contribution in [0.2, 0.25) is 0 Å². The number of ether oxygens (including phenoxy) is 1. The summed E-state index contributed by atoms with van der Waals surface area (Å²) < 4.78 is 53.2. The van der Waals surface area contributed by atoms with Crippen molar-refractivity contribution in [1.29, 1.82) is 5.41 Å². The molecule has 0 aliphatic heterocycles. The summed E-state index contributed by atoms with van der Waals surface area (Å²) in [6.07, 6.45) is -4.54. The Hall–Kier alpha value is -1.31. The largest absolute Gasteiger partial charge is 0.481 e. The molecule has 0 unspecified atom stereocenters. The number of halogens is 5. The van der Waals surface area contributed by atoms with Crippen molar-refractivity contribution in [3.8, 4) is 5.75 Å². The molecule has 3 N–H and O–H groups in total. The third kappa shape index (κ3) is 3.58. The number of alkyl halides is 3. The second-order valence-electron chi connectivity index (χ2n) is 3.06. The number of nitrogens with one attached hydrogen (secondary N) is 1. The van der Waals surface area contributed by atoms with E-state index in [1.807, 2.05) is 0 Å². The molecule has 0 radical (unpaired) electrons. The maximum atomic E-state index is 13.5. The van der Waals surface area contributed by atoms with Gasteiger partial charge in [0.05, 0.1) is 4.47 Å². The van der Waals surface area contributed by atoms with Gasteiger partial charge in [-0.05, 0) is 28.1 Å². The van der Waals surface area contributed by atoms with Crippen LogP contribution in [0, 0.1) is 11.2 Å². The quantitative estimate of drug-likeness (QED) is 0.512. The van der Waals surface area contributed by atoms with Crippen LogP contribution in [0.4, 0.5) is 17.6 Å². The van der Waals surface area contributed by atoms with Gasteiger partial charge in [-0.15, -0.1) is 0 Å². The first-order valence-corrected chi connectivity index (χ1v) is 5.03. The van der Waals surface area contributed by atoms with E-state index in [9.17, 15) is 17.6 Å². The van der Waals surface area contributed by atoms with Gasteiger partial charge in [0.1, 0.15) is 5.84 Å². The summed E-state index contributed by atoms with van der Waals surface area (Å²) >= 11 is 2.79. The van der Waals surface area contributed by atoms with E-state index in [1.165, 1.54) is 6.07 Å². The van der Waals surface area contributed by atoms with E-state index in [0.717, 1.165) is 6.07 Å². The number of nitrogens with two attached hydrogens (primary N) is 1. The SMILES string of the molecule is N=C(N)c1ccc(OCC(F)(F)F)c(F)c1Br. The lowest BCUT2D eigenvalue weighted by molar-refractivity contribution is -0.153. The first-order valence-electron chi connectivity index (χ1n) is 4.24. The number of amidine groups is 1. The predicted molar refractivity (Wildman–Crippen MR) is 56.7 cm³/mol. The molecule has 1 rings (SSSR count). The van der Waals surface area contributed by atoms with Gasteiger partial charge in [0.25, 0.3) is 0 Å². The second-order valence-corrected chi connectivity index (χ2v) is 3.85. The first-order chi connectivity index (χ1) is 7.72. The molecule has 0 heterocycles. The molecule has 0 spiro atoms. The minimum absolute atomic E-state index is 0.0434. The average molecular weight is 315 g/mol. The monoisotopic (exact) mass is 314 g/mol. The molecule has 0 aliphatic carbocycles. The fraction of sp³-hybridized carbons (Fsp3) is 0.222. The third-order valence-electron chi connectivity index (χ3n) is 1.73. The van der Waals surface area contributed by atoms with Crippen molar-refractivity contribution in [1.82, 2.24) is 0 Å². The van der Waals surface area contributed by atoms with Crippen LogP contribution < -0.4 is 10.5 Å². The van der Waals surface area contributed by atoms with Gasteiger partial charge in [-0.25, -0.2) is 4.39 Å². The summed E-state index contributed by atoms with van der Waals surface area (Å²) in [5.41, 5.74) is 5.19. The average Bonchev–Trinajstić information content (AvgIpc) is 2.18. The Balaban J connectivity index is 2.97. The highest BCUT2D eigenvalue weighted by atomic mass is 79.9. The fourth-order valence-corrected chi connectivity index (χ4v) is 1.55. The molecular formula is C9H7BrF4N2O. The van der Waals surface area contributed by atoms with Crippen LogP contribution in [0.25, 0.3) is 0 Å². The highest BCUT2D eigenvalue weighted by Crippen LogP contribution is 2.29. The van der Waals surface area contributed by atoms with Gasteiger partial charge in [0.15, 0.2) is 18.2 Å². The Labute approximate surface area is 102 Å². The smallest absolute Gasteiger partial charge is 0.422 e. The molecule has 0 amide bonds. The maximum absolute atomic E-state index is 13.5. The van der Waals surface area contributed by atoms with Crippen LogP contribution in [0.3, 0.4) is 0 Å². The standard InChI is InChI=1S/C9H7BrF4N2O/c10-6-4(8(15)16)1-2-5(7(6)11)17-3-9(12,13)14/h1-2H,3H2,(H3,15,16). The van der Waals surface area contributed by atoms with Crippen molar-refractivity contribution in [2.24, 2.45) is 5.73 Å². The van der Waals surface area contributed by atoms with E-state index in [2.05, 4.69) is 20.7 Å². The van der Waals surface area contributed by atoms with Crippen molar-refractivity contribution >= 4 is 21.8 Å². The molecule has 0 aromatic heterocycles. The fourth-order valence-electron chi connectivity index (χ4n) is 1.01. The van der Waals surface area contributed by atoms with Crippen LogP contribution in [0.5, 0.6) is 5.75 Å². The van der Waals surface area contributed by atoms with E-state index in [4.69, 9.17) is 11.1 Å². The zero-order chi connectivity index (χ0) is 13.2. The molecule has 0 atom stereocenters. The van der Waals surface area contributed by atoms with Crippen LogP contribution in [0.1, 0.15) is 5.56 Å². The van der Waals surface area contributed by atoms with Crippen LogP contribution in [-0.4, -0.2) is 18.6 Å². The lowest BCUT2D eigenvalue weighted by Crippen LogP contribution is -2.20. The Morgan fingerprint density at radius 1 is 1.41 bits per heavy atom. The maximum Gasteiger partial charge on any atom is 0.422 e. The molecule has 3 nitrogen and oxygen atoms in total. The van der Waals surface area contributed by atoms with Gasteiger partial charge >= 0.3 is 6.18 Å². The number of hydrogen-bond donors (Lipinski definition) is 2. The topological polar surface area (TPSA) is 59.1 Å². The van der Waals surface area contributed by atoms with E-state index < -0.39 is 30.2 Å². The van der Waals surface area contributed by atoms with Crippen molar-refractivity contribution in [3.63, 3.8) is 0 Å². The lowest BCUT2D eigenvalue weighted by Gasteiger charge is -2.12. The van der Waals surface area contributed by atoms with E-state index in [0.29, 0.717) is 0 Å². The third-order valence-corrected chi connectivity index (χ3v) is 2.50. The molecule has 17 heavy (non-hydrogen) atoms. The molecule has 0 aliphatic rings. The normalized spacial score (nSPS) is 11.4.